The minimum Gasteiger partial charge on any atom is -0.426 e. The Bertz CT molecular complexity index is 597. The van der Waals surface area contributed by atoms with E-state index in [1.807, 2.05) is 30.3 Å². The fourth-order valence-electron chi connectivity index (χ4n) is 2.98. The van der Waals surface area contributed by atoms with E-state index in [1.165, 1.54) is 6.08 Å². The molecule has 1 aromatic carbocycles. The van der Waals surface area contributed by atoms with E-state index in [-0.39, 0.29) is 11.9 Å². The van der Waals surface area contributed by atoms with Crippen LogP contribution in [-0.2, 0) is 11.2 Å². The molecular formula is C17H24BN3O4. The Balaban J connectivity index is 1.84. The zero-order valence-electron chi connectivity index (χ0n) is 14.1. The lowest BCUT2D eigenvalue weighted by atomic mass is 9.76. The predicted molar refractivity (Wildman–Crippen MR) is 95.6 cm³/mol. The maximum absolute atomic E-state index is 12.1. The van der Waals surface area contributed by atoms with E-state index in [0.717, 1.165) is 18.4 Å². The topological polar surface area (TPSA) is 102 Å². The van der Waals surface area contributed by atoms with Crippen LogP contribution in [0.15, 0.2) is 43.0 Å². The number of likely N-dealkylation sites (tertiary alicyclic amines) is 1. The van der Waals surface area contributed by atoms with Crippen molar-refractivity contribution in [2.45, 2.75) is 31.2 Å². The fraction of sp³-hybridized carbons (Fsp3) is 0.412. The van der Waals surface area contributed by atoms with E-state index in [2.05, 4.69) is 17.2 Å². The molecular weight excluding hydrogens is 321 g/mol. The van der Waals surface area contributed by atoms with Crippen molar-refractivity contribution in [3.05, 3.63) is 48.6 Å². The lowest BCUT2D eigenvalue weighted by Crippen LogP contribution is -2.53. The van der Waals surface area contributed by atoms with Gasteiger partial charge in [0, 0.05) is 19.1 Å². The van der Waals surface area contributed by atoms with Crippen molar-refractivity contribution in [1.82, 2.24) is 15.5 Å². The first-order chi connectivity index (χ1) is 12.0. The highest BCUT2D eigenvalue weighted by Gasteiger charge is 2.29. The molecule has 0 aromatic heterocycles. The number of hydrogen-bond donors (Lipinski definition) is 4. The highest BCUT2D eigenvalue weighted by Crippen LogP contribution is 2.16. The van der Waals surface area contributed by atoms with Gasteiger partial charge in [-0.1, -0.05) is 36.9 Å². The van der Waals surface area contributed by atoms with Gasteiger partial charge in [0.05, 0.1) is 5.94 Å². The number of nitrogens with zero attached hydrogens (tertiary/aromatic N) is 1. The van der Waals surface area contributed by atoms with E-state index in [4.69, 9.17) is 0 Å². The van der Waals surface area contributed by atoms with Crippen LogP contribution in [0.3, 0.4) is 0 Å². The second-order valence-corrected chi connectivity index (χ2v) is 6.10. The summed E-state index contributed by atoms with van der Waals surface area (Å²) in [6, 6.07) is 8.71. The Morgan fingerprint density at radius 2 is 2.08 bits per heavy atom. The van der Waals surface area contributed by atoms with Crippen LogP contribution in [0, 0.1) is 0 Å². The molecule has 3 amide bonds. The van der Waals surface area contributed by atoms with Gasteiger partial charge in [-0.05, 0) is 30.9 Å². The SMILES string of the molecule is C=CC(=O)N1CCC[C@H]1CNC(=O)N[C@@H](Cc1ccccc1)B(O)O. The zero-order valence-corrected chi connectivity index (χ0v) is 14.1. The Morgan fingerprint density at radius 1 is 1.36 bits per heavy atom. The second-order valence-electron chi connectivity index (χ2n) is 6.10. The first kappa shape index (κ1) is 19.0. The number of benzene rings is 1. The van der Waals surface area contributed by atoms with Gasteiger partial charge in [-0.15, -0.1) is 0 Å². The van der Waals surface area contributed by atoms with Crippen molar-refractivity contribution < 1.29 is 19.6 Å². The third-order valence-electron chi connectivity index (χ3n) is 4.31. The molecule has 1 aromatic rings. The van der Waals surface area contributed by atoms with Crippen LogP contribution in [0.2, 0.25) is 0 Å². The molecule has 0 unspecified atom stereocenters. The molecule has 1 aliphatic rings. The van der Waals surface area contributed by atoms with Crippen LogP contribution in [0.1, 0.15) is 18.4 Å². The van der Waals surface area contributed by atoms with E-state index >= 15 is 0 Å². The fourth-order valence-corrected chi connectivity index (χ4v) is 2.98. The summed E-state index contributed by atoms with van der Waals surface area (Å²) in [5, 5.41) is 24.3. The van der Waals surface area contributed by atoms with Gasteiger partial charge in [0.25, 0.3) is 0 Å². The second kappa shape index (κ2) is 9.24. The minimum atomic E-state index is -1.67. The maximum Gasteiger partial charge on any atom is 0.475 e. The molecule has 1 aliphatic heterocycles. The molecule has 134 valence electrons. The summed E-state index contributed by atoms with van der Waals surface area (Å²) in [6.45, 7) is 4.46. The Kier molecular flexibility index (Phi) is 7.03. The van der Waals surface area contributed by atoms with Crippen molar-refractivity contribution in [2.24, 2.45) is 0 Å². The molecule has 1 heterocycles. The molecule has 25 heavy (non-hydrogen) atoms. The number of carbonyl (C=O) groups is 2. The van der Waals surface area contributed by atoms with Gasteiger partial charge in [-0.25, -0.2) is 4.79 Å². The van der Waals surface area contributed by atoms with Crippen LogP contribution < -0.4 is 10.6 Å². The first-order valence-electron chi connectivity index (χ1n) is 8.38. The van der Waals surface area contributed by atoms with Gasteiger partial charge in [0.2, 0.25) is 5.91 Å². The number of rotatable bonds is 7. The van der Waals surface area contributed by atoms with Gasteiger partial charge in [0.1, 0.15) is 0 Å². The predicted octanol–water partition coefficient (Wildman–Crippen LogP) is 0.0859. The minimum absolute atomic E-state index is 0.0668. The van der Waals surface area contributed by atoms with Gasteiger partial charge in [0.15, 0.2) is 0 Å². The molecule has 1 saturated heterocycles. The van der Waals surface area contributed by atoms with E-state index in [9.17, 15) is 19.6 Å². The largest absolute Gasteiger partial charge is 0.475 e. The quantitative estimate of drug-likeness (QED) is 0.415. The smallest absolute Gasteiger partial charge is 0.426 e. The van der Waals surface area contributed by atoms with Crippen LogP contribution in [0.5, 0.6) is 0 Å². The summed E-state index contributed by atoms with van der Waals surface area (Å²) >= 11 is 0. The number of urea groups is 1. The van der Waals surface area contributed by atoms with Crippen molar-refractivity contribution >= 4 is 19.1 Å². The van der Waals surface area contributed by atoms with Crippen LogP contribution in [0.25, 0.3) is 0 Å². The number of carbonyl (C=O) groups excluding carboxylic acids is 2. The lowest BCUT2D eigenvalue weighted by Gasteiger charge is -2.24. The molecule has 0 radical (unpaired) electrons. The molecule has 7 nitrogen and oxygen atoms in total. The molecule has 2 rings (SSSR count). The van der Waals surface area contributed by atoms with Crippen molar-refractivity contribution in [2.75, 3.05) is 13.1 Å². The summed E-state index contributed by atoms with van der Waals surface area (Å²) in [5.74, 6) is -0.964. The van der Waals surface area contributed by atoms with Crippen molar-refractivity contribution in [3.63, 3.8) is 0 Å². The highest BCUT2D eigenvalue weighted by atomic mass is 16.4. The number of amides is 3. The molecule has 0 aliphatic carbocycles. The van der Waals surface area contributed by atoms with Crippen molar-refractivity contribution in [1.29, 1.82) is 0 Å². The van der Waals surface area contributed by atoms with Crippen LogP contribution in [0.4, 0.5) is 4.79 Å². The lowest BCUT2D eigenvalue weighted by molar-refractivity contribution is -0.126. The number of nitrogens with one attached hydrogen (secondary N) is 2. The zero-order chi connectivity index (χ0) is 18.2. The van der Waals surface area contributed by atoms with E-state index in [0.29, 0.717) is 19.5 Å². The highest BCUT2D eigenvalue weighted by molar-refractivity contribution is 6.43. The van der Waals surface area contributed by atoms with Gasteiger partial charge in [-0.2, -0.15) is 0 Å². The standard InChI is InChI=1S/C17H24BN3O4/c1-2-16(22)21-10-6-9-14(21)12-19-17(23)20-15(18(24)25)11-13-7-4-3-5-8-13/h2-5,7-8,14-15,24-25H,1,6,9-12H2,(H2,19,20,23)/t14-,15-/m0/s1. The summed E-state index contributed by atoms with van der Waals surface area (Å²) in [4.78, 5) is 25.5. The molecule has 0 saturated carbocycles. The van der Waals surface area contributed by atoms with Gasteiger partial charge < -0.3 is 25.6 Å². The average Bonchev–Trinajstić information content (AvgIpc) is 3.08. The third-order valence-corrected chi connectivity index (χ3v) is 4.31. The summed E-state index contributed by atoms with van der Waals surface area (Å²) in [5.41, 5.74) is 0.888. The Labute approximate surface area is 147 Å². The van der Waals surface area contributed by atoms with Crippen LogP contribution in [-0.4, -0.2) is 59.1 Å². The summed E-state index contributed by atoms with van der Waals surface area (Å²) in [6.07, 6.45) is 3.28. The first-order valence-corrected chi connectivity index (χ1v) is 8.38. The Morgan fingerprint density at radius 3 is 2.72 bits per heavy atom. The Hall–Kier alpha value is -2.32. The molecule has 4 N–H and O–H groups in total. The van der Waals surface area contributed by atoms with Crippen molar-refractivity contribution in [3.8, 4) is 0 Å². The normalized spacial score (nSPS) is 17.7. The summed E-state index contributed by atoms with van der Waals surface area (Å²) in [7, 11) is -1.67. The van der Waals surface area contributed by atoms with Crippen LogP contribution >= 0.6 is 0 Å². The van der Waals surface area contributed by atoms with Gasteiger partial charge in [-0.3, -0.25) is 4.79 Å². The third kappa shape index (κ3) is 5.61. The monoisotopic (exact) mass is 345 g/mol. The summed E-state index contributed by atoms with van der Waals surface area (Å²) < 4.78 is 0. The molecule has 2 atom stereocenters. The molecule has 1 fully saturated rings. The average molecular weight is 345 g/mol. The molecule has 0 spiro atoms. The maximum atomic E-state index is 12.1. The van der Waals surface area contributed by atoms with E-state index < -0.39 is 19.1 Å². The molecule has 8 heteroatoms. The molecule has 0 bridgehead atoms. The van der Waals surface area contributed by atoms with Gasteiger partial charge >= 0.3 is 13.1 Å². The number of hydrogen-bond acceptors (Lipinski definition) is 4. The van der Waals surface area contributed by atoms with E-state index in [1.54, 1.807) is 4.90 Å².